The van der Waals surface area contributed by atoms with E-state index in [4.69, 9.17) is 9.47 Å². The molecule has 6 atom stereocenters. The van der Waals surface area contributed by atoms with E-state index in [9.17, 15) is 14.7 Å². The van der Waals surface area contributed by atoms with Crippen molar-refractivity contribution in [3.8, 4) is 0 Å². The topological polar surface area (TPSA) is 91.3 Å². The number of fused-ring (bicyclic) bond motifs is 3. The van der Waals surface area contributed by atoms with Gasteiger partial charge in [-0.1, -0.05) is 84.9 Å². The van der Waals surface area contributed by atoms with Gasteiger partial charge in [-0.05, 0) is 67.7 Å². The predicted molar refractivity (Wildman–Crippen MR) is 175 cm³/mol. The average molecular weight is 624 g/mol. The summed E-state index contributed by atoms with van der Waals surface area (Å²) in [5.41, 5.74) is 2.89. The van der Waals surface area contributed by atoms with Crippen LogP contribution in [0.4, 0.5) is 4.79 Å². The minimum Gasteiger partial charge on any atom is -0.391 e. The van der Waals surface area contributed by atoms with Gasteiger partial charge in [-0.2, -0.15) is 0 Å². The van der Waals surface area contributed by atoms with Gasteiger partial charge in [0.1, 0.15) is 5.72 Å². The van der Waals surface area contributed by atoms with Gasteiger partial charge in [0.15, 0.2) is 0 Å². The van der Waals surface area contributed by atoms with Gasteiger partial charge < -0.3 is 29.7 Å². The second-order valence-electron chi connectivity index (χ2n) is 14.0. The zero-order chi connectivity index (χ0) is 31.9. The van der Waals surface area contributed by atoms with Crippen LogP contribution in [0, 0.1) is 5.41 Å². The van der Waals surface area contributed by atoms with Crippen molar-refractivity contribution in [2.24, 2.45) is 5.41 Å². The van der Waals surface area contributed by atoms with Gasteiger partial charge in [-0.15, -0.1) is 0 Å². The zero-order valence-corrected chi connectivity index (χ0v) is 26.8. The molecule has 2 heterocycles. The molecule has 0 spiro atoms. The number of carbonyl (C=O) groups is 2. The number of nitrogens with one attached hydrogen (secondary N) is 1. The van der Waals surface area contributed by atoms with Crippen LogP contribution in [-0.2, 0) is 27.2 Å². The Labute approximate surface area is 271 Å². The van der Waals surface area contributed by atoms with Gasteiger partial charge >= 0.3 is 6.03 Å². The van der Waals surface area contributed by atoms with Crippen molar-refractivity contribution in [3.05, 3.63) is 107 Å². The number of ether oxygens (including phenoxy) is 2. The summed E-state index contributed by atoms with van der Waals surface area (Å²) in [7, 11) is 0. The van der Waals surface area contributed by atoms with Gasteiger partial charge in [-0.3, -0.25) is 4.79 Å². The zero-order valence-electron chi connectivity index (χ0n) is 26.8. The molecule has 2 N–H and O–H groups in total. The smallest absolute Gasteiger partial charge is 0.317 e. The maximum atomic E-state index is 15.0. The van der Waals surface area contributed by atoms with E-state index >= 15 is 0 Å². The number of carbonyl (C=O) groups excluding carboxylic acids is 2. The molecule has 3 aromatic rings. The van der Waals surface area contributed by atoms with E-state index in [-0.39, 0.29) is 49.1 Å². The largest absolute Gasteiger partial charge is 0.391 e. The van der Waals surface area contributed by atoms with Crippen molar-refractivity contribution >= 4 is 11.9 Å². The molecule has 0 radical (unpaired) electrons. The summed E-state index contributed by atoms with van der Waals surface area (Å²) >= 11 is 0. The molecule has 2 unspecified atom stereocenters. The summed E-state index contributed by atoms with van der Waals surface area (Å²) in [6, 6.07) is 27.9. The molecule has 2 aliphatic heterocycles. The number of amides is 3. The first-order chi connectivity index (χ1) is 22.2. The SMILES string of the molecule is CC1(C)O[C@@H]2Cc3ccccc3C2N1C(=O)[C@@]1(C[C@H](O)CN(CC2CCCO2)C(=O)NCc2ccccc2)C[C@H]1c1ccccc1. The number of nitrogens with zero attached hydrogens (tertiary/aromatic N) is 2. The van der Waals surface area contributed by atoms with Crippen LogP contribution >= 0.6 is 0 Å². The Kier molecular flexibility index (Phi) is 8.38. The van der Waals surface area contributed by atoms with Crippen molar-refractivity contribution in [1.82, 2.24) is 15.1 Å². The van der Waals surface area contributed by atoms with Gasteiger partial charge in [0, 0.05) is 32.7 Å². The van der Waals surface area contributed by atoms with E-state index in [0.29, 0.717) is 26.1 Å². The number of rotatable bonds is 10. The minimum atomic E-state index is -0.903. The number of hydrogen-bond donors (Lipinski definition) is 2. The van der Waals surface area contributed by atoms with Crippen LogP contribution in [0.3, 0.4) is 0 Å². The number of urea groups is 1. The highest BCUT2D eigenvalue weighted by Crippen LogP contribution is 2.65. The molecular weight excluding hydrogens is 578 g/mol. The Morgan fingerprint density at radius 1 is 1.02 bits per heavy atom. The summed E-state index contributed by atoms with van der Waals surface area (Å²) < 4.78 is 12.4. The first-order valence-corrected chi connectivity index (χ1v) is 16.8. The molecule has 242 valence electrons. The van der Waals surface area contributed by atoms with Gasteiger partial charge in [0.2, 0.25) is 5.91 Å². The van der Waals surface area contributed by atoms with Crippen LogP contribution in [0.15, 0.2) is 84.9 Å². The molecule has 2 saturated heterocycles. The maximum absolute atomic E-state index is 15.0. The molecule has 3 aromatic carbocycles. The minimum absolute atomic E-state index is 0.0220. The molecule has 0 bridgehead atoms. The van der Waals surface area contributed by atoms with E-state index in [1.807, 2.05) is 79.4 Å². The fourth-order valence-electron chi connectivity index (χ4n) is 8.20. The van der Waals surface area contributed by atoms with Crippen LogP contribution in [0.25, 0.3) is 0 Å². The van der Waals surface area contributed by atoms with Crippen molar-refractivity contribution in [2.45, 2.75) is 88.5 Å². The third-order valence-corrected chi connectivity index (χ3v) is 10.4. The highest BCUT2D eigenvalue weighted by Gasteiger charge is 2.66. The number of benzene rings is 3. The molecule has 8 nitrogen and oxygen atoms in total. The fourth-order valence-corrected chi connectivity index (χ4v) is 8.20. The molecular formula is C38H45N3O5. The average Bonchev–Trinajstić information content (AvgIpc) is 3.29. The second kappa shape index (κ2) is 12.5. The van der Waals surface area contributed by atoms with Crippen LogP contribution < -0.4 is 5.32 Å². The monoisotopic (exact) mass is 623 g/mol. The van der Waals surface area contributed by atoms with Crippen molar-refractivity contribution < 1.29 is 24.2 Å². The van der Waals surface area contributed by atoms with E-state index in [0.717, 1.165) is 36.0 Å². The van der Waals surface area contributed by atoms with E-state index in [1.165, 1.54) is 5.56 Å². The number of hydrogen-bond acceptors (Lipinski definition) is 5. The van der Waals surface area contributed by atoms with Gasteiger partial charge in [-0.25, -0.2) is 4.79 Å². The lowest BCUT2D eigenvalue weighted by atomic mass is 9.89. The summed E-state index contributed by atoms with van der Waals surface area (Å²) in [6.07, 6.45) is 2.46. The third-order valence-electron chi connectivity index (χ3n) is 10.4. The molecule has 1 saturated carbocycles. The molecule has 7 rings (SSSR count). The number of aliphatic hydroxyl groups is 1. The number of aliphatic hydroxyl groups excluding tert-OH is 1. The Balaban J connectivity index is 1.14. The van der Waals surface area contributed by atoms with E-state index < -0.39 is 17.2 Å². The van der Waals surface area contributed by atoms with Crippen molar-refractivity contribution in [1.29, 1.82) is 0 Å². The van der Waals surface area contributed by atoms with Gasteiger partial charge in [0.25, 0.3) is 0 Å². The molecule has 3 amide bonds. The molecule has 46 heavy (non-hydrogen) atoms. The Morgan fingerprint density at radius 3 is 2.48 bits per heavy atom. The van der Waals surface area contributed by atoms with Crippen LogP contribution in [0.2, 0.25) is 0 Å². The predicted octanol–water partition coefficient (Wildman–Crippen LogP) is 5.56. The highest BCUT2D eigenvalue weighted by atomic mass is 16.5. The van der Waals surface area contributed by atoms with Gasteiger partial charge in [0.05, 0.1) is 29.8 Å². The normalized spacial score (nSPS) is 27.9. The molecule has 0 aromatic heterocycles. The molecule has 3 fully saturated rings. The Morgan fingerprint density at radius 2 is 1.74 bits per heavy atom. The standard InChI is InChI=1S/C38H45N3O5/c1-37(2)41(34-31-18-10-9-16-28(31)20-33(34)46-37)35(43)38(22-32(38)27-14-7-4-8-15-27)21-29(42)24-40(25-30-17-11-19-45-30)36(44)39-23-26-12-5-3-6-13-26/h3-10,12-16,18,29-30,32-34,42H,11,17,19-25H2,1-2H3,(H,39,44)/t29-,30?,32-,33+,34?,38-/m0/s1. The first-order valence-electron chi connectivity index (χ1n) is 16.8. The summed E-state index contributed by atoms with van der Waals surface area (Å²) in [5.74, 6) is -0.00493. The maximum Gasteiger partial charge on any atom is 0.317 e. The van der Waals surface area contributed by atoms with Crippen LogP contribution in [0.5, 0.6) is 0 Å². The molecule has 8 heteroatoms. The van der Waals surface area contributed by atoms with Crippen LogP contribution in [0.1, 0.15) is 73.7 Å². The second-order valence-corrected chi connectivity index (χ2v) is 14.0. The lowest BCUT2D eigenvalue weighted by molar-refractivity contribution is -0.155. The summed E-state index contributed by atoms with van der Waals surface area (Å²) in [6.45, 7) is 5.55. The first kappa shape index (κ1) is 30.9. The molecule has 4 aliphatic rings. The van der Waals surface area contributed by atoms with Crippen molar-refractivity contribution in [2.75, 3.05) is 19.7 Å². The third kappa shape index (κ3) is 5.94. The molecule has 2 aliphatic carbocycles. The Hall–Kier alpha value is -3.72. The Bertz CT molecular complexity index is 1540. The van der Waals surface area contributed by atoms with E-state index in [1.54, 1.807) is 4.90 Å². The van der Waals surface area contributed by atoms with Crippen LogP contribution in [-0.4, -0.2) is 70.6 Å². The summed E-state index contributed by atoms with van der Waals surface area (Å²) in [5, 5.41) is 14.8. The fraction of sp³-hybridized carbons (Fsp3) is 0.474. The van der Waals surface area contributed by atoms with Crippen molar-refractivity contribution in [3.63, 3.8) is 0 Å². The summed E-state index contributed by atoms with van der Waals surface area (Å²) in [4.78, 5) is 32.2. The lowest BCUT2D eigenvalue weighted by Crippen LogP contribution is -2.50. The lowest BCUT2D eigenvalue weighted by Gasteiger charge is -2.38. The quantitative estimate of drug-likeness (QED) is 0.309. The highest BCUT2D eigenvalue weighted by molar-refractivity contribution is 5.89. The van der Waals surface area contributed by atoms with E-state index in [2.05, 4.69) is 29.6 Å².